The van der Waals surface area contributed by atoms with E-state index in [9.17, 15) is 4.79 Å². The molecule has 1 N–H and O–H groups in total. The van der Waals surface area contributed by atoms with Crippen LogP contribution < -0.4 is 4.84 Å². The summed E-state index contributed by atoms with van der Waals surface area (Å²) in [6.45, 7) is 2.57. The number of esters is 1. The normalized spacial score (nSPS) is 12.6. The van der Waals surface area contributed by atoms with Gasteiger partial charge in [-0.25, -0.2) is 4.84 Å². The van der Waals surface area contributed by atoms with Crippen LogP contribution in [0.25, 0.3) is 0 Å². The number of hydrogen-bond acceptors (Lipinski definition) is 3. The van der Waals surface area contributed by atoms with Crippen LogP contribution in [0.4, 0.5) is 0 Å². The Morgan fingerprint density at radius 2 is 2.36 bits per heavy atom. The maximum absolute atomic E-state index is 10.8. The summed E-state index contributed by atoms with van der Waals surface area (Å²) in [4.78, 5) is 13.3. The topological polar surface area (TPSA) is 38.3 Å². The molecule has 1 atom stereocenters. The number of ether oxygens (including phenoxy) is 1. The molecule has 0 heterocycles. The largest absolute Gasteiger partial charge is 0.469 e. The van der Waals surface area contributed by atoms with E-state index in [0.29, 0.717) is 0 Å². The first-order valence-corrected chi connectivity index (χ1v) is 4.01. The smallest absolute Gasteiger partial charge is 0.308 e. The number of nitrogens with one attached hydrogen (secondary N) is 1. The van der Waals surface area contributed by atoms with Crippen molar-refractivity contribution in [1.82, 2.24) is 4.84 Å². The first-order valence-electron chi connectivity index (χ1n) is 3.63. The van der Waals surface area contributed by atoms with E-state index in [-0.39, 0.29) is 11.9 Å². The Balaban J connectivity index is 3.36. The van der Waals surface area contributed by atoms with E-state index in [4.69, 9.17) is 11.8 Å². The molecule has 0 saturated carbocycles. The molecule has 1 unspecified atom stereocenters. The third kappa shape index (κ3) is 5.04. The van der Waals surface area contributed by atoms with E-state index in [1.807, 2.05) is 6.92 Å². The molecule has 66 valence electrons. The second-order valence-corrected chi connectivity index (χ2v) is 2.72. The van der Waals surface area contributed by atoms with E-state index in [1.165, 1.54) is 7.11 Å². The molecule has 0 aromatic heterocycles. The quantitative estimate of drug-likeness (QED) is 0.393. The minimum atomic E-state index is -0.153. The second kappa shape index (κ2) is 6.43. The zero-order valence-corrected chi connectivity index (χ0v) is 7.65. The number of hydrogen-bond donors (Lipinski definition) is 1. The molecular weight excluding hydrogens is 166 g/mol. The number of halogens is 1. The lowest BCUT2D eigenvalue weighted by molar-refractivity contribution is -0.145. The monoisotopic (exact) mass is 179 g/mol. The van der Waals surface area contributed by atoms with Crippen molar-refractivity contribution in [3.63, 3.8) is 0 Å². The predicted octanol–water partition coefficient (Wildman–Crippen LogP) is 1.32. The van der Waals surface area contributed by atoms with Crippen molar-refractivity contribution < 1.29 is 9.53 Å². The van der Waals surface area contributed by atoms with E-state index < -0.39 is 0 Å². The third-order valence-electron chi connectivity index (χ3n) is 1.51. The zero-order valence-electron chi connectivity index (χ0n) is 6.89. The highest BCUT2D eigenvalue weighted by Crippen LogP contribution is 2.06. The van der Waals surface area contributed by atoms with Gasteiger partial charge in [-0.15, -0.1) is 0 Å². The molecule has 0 aliphatic carbocycles. The summed E-state index contributed by atoms with van der Waals surface area (Å²) in [5, 5.41) is 0. The van der Waals surface area contributed by atoms with Gasteiger partial charge in [0.25, 0.3) is 0 Å². The summed E-state index contributed by atoms with van der Waals surface area (Å²) in [7, 11) is 1.40. The molecule has 0 spiro atoms. The number of carbonyl (C=O) groups is 1. The molecule has 4 heteroatoms. The molecule has 0 aromatic carbocycles. The molecule has 3 nitrogen and oxygen atoms in total. The van der Waals surface area contributed by atoms with Gasteiger partial charge in [-0.05, 0) is 24.6 Å². The summed E-state index contributed by atoms with van der Waals surface area (Å²) in [6, 6.07) is 0. The maximum atomic E-state index is 10.8. The summed E-state index contributed by atoms with van der Waals surface area (Å²) >= 11 is 5.23. The Morgan fingerprint density at radius 1 is 1.73 bits per heavy atom. The van der Waals surface area contributed by atoms with Crippen LogP contribution in [-0.4, -0.2) is 19.6 Å². The standard InChI is InChI=1S/C7H14ClNO2/c1-6(7(10)11-2)4-3-5-9-8/h6,9H,3-5H2,1-2H3. The van der Waals surface area contributed by atoms with Crippen molar-refractivity contribution in [1.29, 1.82) is 0 Å². The summed E-state index contributed by atoms with van der Waals surface area (Å²) < 4.78 is 4.55. The fraction of sp³-hybridized carbons (Fsp3) is 0.857. The van der Waals surface area contributed by atoms with Gasteiger partial charge < -0.3 is 4.74 Å². The molecule has 11 heavy (non-hydrogen) atoms. The number of carbonyl (C=O) groups excluding carboxylic acids is 1. The Labute approximate surface area is 72.2 Å². The molecule has 0 aliphatic heterocycles. The van der Waals surface area contributed by atoms with Gasteiger partial charge in [0.15, 0.2) is 0 Å². The van der Waals surface area contributed by atoms with Crippen LogP contribution in [0, 0.1) is 5.92 Å². The van der Waals surface area contributed by atoms with Gasteiger partial charge >= 0.3 is 5.97 Å². The van der Waals surface area contributed by atoms with Crippen LogP contribution in [0.2, 0.25) is 0 Å². The average Bonchev–Trinajstić information content (AvgIpc) is 2.03. The van der Waals surface area contributed by atoms with Crippen LogP contribution >= 0.6 is 11.8 Å². The second-order valence-electron chi connectivity index (χ2n) is 2.45. The van der Waals surface area contributed by atoms with Gasteiger partial charge in [0.05, 0.1) is 13.0 Å². The summed E-state index contributed by atoms with van der Waals surface area (Å²) in [6.07, 6.45) is 1.70. The molecule has 0 rings (SSSR count). The molecule has 0 aliphatic rings. The zero-order chi connectivity index (χ0) is 8.69. The van der Waals surface area contributed by atoms with Gasteiger partial charge in [0.1, 0.15) is 0 Å². The van der Waals surface area contributed by atoms with Crippen LogP contribution in [0.3, 0.4) is 0 Å². The van der Waals surface area contributed by atoms with E-state index in [2.05, 4.69) is 9.57 Å². The number of rotatable bonds is 5. The maximum Gasteiger partial charge on any atom is 0.308 e. The Morgan fingerprint density at radius 3 is 2.82 bits per heavy atom. The molecule has 0 saturated heterocycles. The fourth-order valence-electron chi connectivity index (χ4n) is 0.794. The summed E-state index contributed by atoms with van der Waals surface area (Å²) in [5.41, 5.74) is 0. The van der Waals surface area contributed by atoms with Crippen molar-refractivity contribution in [2.75, 3.05) is 13.7 Å². The third-order valence-corrected chi connectivity index (χ3v) is 1.70. The van der Waals surface area contributed by atoms with Gasteiger partial charge in [0, 0.05) is 6.54 Å². The van der Waals surface area contributed by atoms with Crippen LogP contribution in [0.5, 0.6) is 0 Å². The summed E-state index contributed by atoms with van der Waals surface area (Å²) in [5.74, 6) is -0.176. The minimum Gasteiger partial charge on any atom is -0.469 e. The average molecular weight is 180 g/mol. The highest BCUT2D eigenvalue weighted by Gasteiger charge is 2.11. The number of methoxy groups -OCH3 is 1. The van der Waals surface area contributed by atoms with Crippen molar-refractivity contribution in [3.05, 3.63) is 0 Å². The van der Waals surface area contributed by atoms with Gasteiger partial charge in [-0.2, -0.15) is 0 Å². The van der Waals surface area contributed by atoms with Crippen molar-refractivity contribution in [2.24, 2.45) is 5.92 Å². The highest BCUT2D eigenvalue weighted by atomic mass is 35.5. The van der Waals surface area contributed by atoms with Crippen molar-refractivity contribution in [2.45, 2.75) is 19.8 Å². The molecule has 0 aromatic rings. The minimum absolute atomic E-state index is 0.0231. The lowest BCUT2D eigenvalue weighted by Gasteiger charge is -2.07. The van der Waals surface area contributed by atoms with Gasteiger partial charge in [-0.3, -0.25) is 4.79 Å². The van der Waals surface area contributed by atoms with E-state index in [1.54, 1.807) is 0 Å². The predicted molar refractivity (Wildman–Crippen MR) is 44.3 cm³/mol. The molecule has 0 bridgehead atoms. The SMILES string of the molecule is COC(=O)C(C)CCCNCl. The molecular formula is C7H14ClNO2. The fourth-order valence-corrected chi connectivity index (χ4v) is 0.928. The molecule has 0 radical (unpaired) electrons. The Hall–Kier alpha value is -0.280. The molecule has 0 fully saturated rings. The van der Waals surface area contributed by atoms with Gasteiger partial charge in [-0.1, -0.05) is 6.92 Å². The first-order chi connectivity index (χ1) is 5.22. The Kier molecular flexibility index (Phi) is 6.27. The molecule has 0 amide bonds. The van der Waals surface area contributed by atoms with Crippen LogP contribution in [0.1, 0.15) is 19.8 Å². The van der Waals surface area contributed by atoms with Crippen LogP contribution in [-0.2, 0) is 9.53 Å². The van der Waals surface area contributed by atoms with Crippen molar-refractivity contribution >= 4 is 17.7 Å². The van der Waals surface area contributed by atoms with Crippen molar-refractivity contribution in [3.8, 4) is 0 Å². The lowest BCUT2D eigenvalue weighted by atomic mass is 10.1. The van der Waals surface area contributed by atoms with Gasteiger partial charge in [0.2, 0.25) is 0 Å². The lowest BCUT2D eigenvalue weighted by Crippen LogP contribution is -2.14. The van der Waals surface area contributed by atoms with E-state index >= 15 is 0 Å². The Bertz CT molecular complexity index is 119. The van der Waals surface area contributed by atoms with Crippen LogP contribution in [0.15, 0.2) is 0 Å². The first kappa shape index (κ1) is 10.7. The van der Waals surface area contributed by atoms with E-state index in [0.717, 1.165) is 19.4 Å². The highest BCUT2D eigenvalue weighted by molar-refractivity contribution is 6.13.